The van der Waals surface area contributed by atoms with Crippen LogP contribution in [0.3, 0.4) is 0 Å². The van der Waals surface area contributed by atoms with E-state index in [-0.39, 0.29) is 22.2 Å². The molecular weight excluding hydrogens is 268 g/mol. The molecule has 104 valence electrons. The lowest BCUT2D eigenvalue weighted by Gasteiger charge is -2.14. The Kier molecular flexibility index (Phi) is 5.63. The smallest absolute Gasteiger partial charge is 0.253 e. The van der Waals surface area contributed by atoms with Gasteiger partial charge in [-0.25, -0.2) is 0 Å². The molecule has 6 heteroatoms. The van der Waals surface area contributed by atoms with E-state index in [1.165, 1.54) is 18.2 Å². The van der Waals surface area contributed by atoms with Crippen molar-refractivity contribution < 1.29 is 14.7 Å². The predicted molar refractivity (Wildman–Crippen MR) is 73.3 cm³/mol. The first-order valence-electron chi connectivity index (χ1n) is 6.02. The van der Waals surface area contributed by atoms with Gasteiger partial charge in [0.2, 0.25) is 5.91 Å². The highest BCUT2D eigenvalue weighted by Gasteiger charge is 2.18. The fourth-order valence-electron chi connectivity index (χ4n) is 1.43. The van der Waals surface area contributed by atoms with Crippen LogP contribution in [0.15, 0.2) is 18.2 Å². The quantitative estimate of drug-likeness (QED) is 0.770. The minimum absolute atomic E-state index is 0.0577. The molecule has 0 radical (unpaired) electrons. The highest BCUT2D eigenvalue weighted by molar-refractivity contribution is 6.33. The average Bonchev–Trinajstić information content (AvgIpc) is 2.38. The molecule has 0 fully saturated rings. The third kappa shape index (κ3) is 4.44. The molecule has 0 saturated carbocycles. The zero-order valence-corrected chi connectivity index (χ0v) is 11.6. The first-order valence-corrected chi connectivity index (χ1v) is 6.40. The van der Waals surface area contributed by atoms with Gasteiger partial charge in [0.25, 0.3) is 5.91 Å². The molecule has 0 bridgehead atoms. The van der Waals surface area contributed by atoms with E-state index in [9.17, 15) is 14.7 Å². The molecule has 5 nitrogen and oxygen atoms in total. The van der Waals surface area contributed by atoms with Crippen molar-refractivity contribution in [1.29, 1.82) is 0 Å². The molecule has 0 aromatic heterocycles. The minimum atomic E-state index is -0.669. The van der Waals surface area contributed by atoms with Crippen LogP contribution in [0.4, 0.5) is 0 Å². The minimum Gasteiger partial charge on any atom is -0.508 e. The maximum absolute atomic E-state index is 11.9. The molecule has 1 aromatic rings. The van der Waals surface area contributed by atoms with Crippen molar-refractivity contribution in [3.63, 3.8) is 0 Å². The maximum atomic E-state index is 11.9. The Morgan fingerprint density at radius 2 is 2.11 bits per heavy atom. The number of amides is 2. The van der Waals surface area contributed by atoms with Crippen molar-refractivity contribution in [3.05, 3.63) is 28.8 Å². The van der Waals surface area contributed by atoms with Crippen LogP contribution >= 0.6 is 11.6 Å². The number of rotatable bonds is 5. The monoisotopic (exact) mass is 284 g/mol. The zero-order valence-electron chi connectivity index (χ0n) is 10.9. The molecule has 3 N–H and O–H groups in total. The molecular formula is C13H17ClN2O3. The molecule has 1 atom stereocenters. The van der Waals surface area contributed by atoms with Gasteiger partial charge in [-0.05, 0) is 31.5 Å². The Morgan fingerprint density at radius 1 is 1.42 bits per heavy atom. The number of hydrogen-bond donors (Lipinski definition) is 3. The van der Waals surface area contributed by atoms with E-state index in [4.69, 9.17) is 11.6 Å². The van der Waals surface area contributed by atoms with Gasteiger partial charge in [0.1, 0.15) is 11.8 Å². The van der Waals surface area contributed by atoms with E-state index >= 15 is 0 Å². The van der Waals surface area contributed by atoms with E-state index in [1.807, 2.05) is 6.92 Å². The van der Waals surface area contributed by atoms with Crippen molar-refractivity contribution in [2.45, 2.75) is 26.3 Å². The number of halogens is 1. The fourth-order valence-corrected chi connectivity index (χ4v) is 1.63. The van der Waals surface area contributed by atoms with Gasteiger partial charge < -0.3 is 15.7 Å². The molecule has 0 aliphatic heterocycles. The van der Waals surface area contributed by atoms with E-state index in [2.05, 4.69) is 10.6 Å². The normalized spacial score (nSPS) is 11.7. The van der Waals surface area contributed by atoms with E-state index < -0.39 is 11.9 Å². The Bertz CT molecular complexity index is 477. The molecule has 1 rings (SSSR count). The molecule has 1 unspecified atom stereocenters. The number of aromatic hydroxyl groups is 1. The van der Waals surface area contributed by atoms with Gasteiger partial charge in [-0.2, -0.15) is 0 Å². The predicted octanol–water partition coefficient (Wildman–Crippen LogP) is 1.69. The van der Waals surface area contributed by atoms with Gasteiger partial charge >= 0.3 is 0 Å². The lowest BCUT2D eigenvalue weighted by molar-refractivity contribution is -0.122. The summed E-state index contributed by atoms with van der Waals surface area (Å²) in [5.74, 6) is -0.816. The molecule has 2 amide bonds. The van der Waals surface area contributed by atoms with Gasteiger partial charge in [0.05, 0.1) is 10.6 Å². The fraction of sp³-hybridized carbons (Fsp3) is 0.385. The summed E-state index contributed by atoms with van der Waals surface area (Å²) in [5, 5.41) is 14.8. The van der Waals surface area contributed by atoms with Crippen LogP contribution in [0.1, 0.15) is 30.6 Å². The Balaban J connectivity index is 2.68. The first-order chi connectivity index (χ1) is 8.95. The topological polar surface area (TPSA) is 78.4 Å². The van der Waals surface area contributed by atoms with Crippen molar-refractivity contribution in [2.24, 2.45) is 0 Å². The summed E-state index contributed by atoms with van der Waals surface area (Å²) < 4.78 is 0. The maximum Gasteiger partial charge on any atom is 0.253 e. The number of phenolic OH excluding ortho intramolecular Hbond substituents is 1. The van der Waals surface area contributed by atoms with Crippen LogP contribution < -0.4 is 10.6 Å². The largest absolute Gasteiger partial charge is 0.508 e. The Labute approximate surface area is 117 Å². The molecule has 0 saturated heterocycles. The number of nitrogens with one attached hydrogen (secondary N) is 2. The zero-order chi connectivity index (χ0) is 14.4. The standard InChI is InChI=1S/C13H17ClN2O3/c1-3-6-15-12(18)8(2)16-13(19)10-7-9(17)4-5-11(10)14/h4-5,7-8,17H,3,6H2,1-2H3,(H,15,18)(H,16,19). The van der Waals surface area contributed by atoms with Crippen molar-refractivity contribution in [3.8, 4) is 5.75 Å². The lowest BCUT2D eigenvalue weighted by atomic mass is 10.2. The first kappa shape index (κ1) is 15.3. The van der Waals surface area contributed by atoms with Gasteiger partial charge in [0, 0.05) is 6.54 Å². The third-order valence-electron chi connectivity index (χ3n) is 2.48. The molecule has 0 heterocycles. The lowest BCUT2D eigenvalue weighted by Crippen LogP contribution is -2.45. The Morgan fingerprint density at radius 3 is 2.74 bits per heavy atom. The summed E-state index contributed by atoms with van der Waals surface area (Å²) in [7, 11) is 0. The highest BCUT2D eigenvalue weighted by atomic mass is 35.5. The summed E-state index contributed by atoms with van der Waals surface area (Å²) in [6, 6.07) is 3.40. The second kappa shape index (κ2) is 6.99. The third-order valence-corrected chi connectivity index (χ3v) is 2.81. The van der Waals surface area contributed by atoms with E-state index in [0.29, 0.717) is 6.54 Å². The van der Waals surface area contributed by atoms with Gasteiger partial charge in [-0.15, -0.1) is 0 Å². The molecule has 0 aliphatic rings. The number of benzene rings is 1. The van der Waals surface area contributed by atoms with Gasteiger partial charge in [-0.3, -0.25) is 9.59 Å². The highest BCUT2D eigenvalue weighted by Crippen LogP contribution is 2.21. The van der Waals surface area contributed by atoms with Crippen LogP contribution in [-0.4, -0.2) is 29.5 Å². The van der Waals surface area contributed by atoms with Crippen LogP contribution in [0.2, 0.25) is 5.02 Å². The van der Waals surface area contributed by atoms with E-state index in [1.54, 1.807) is 6.92 Å². The van der Waals surface area contributed by atoms with Crippen LogP contribution in [0, 0.1) is 0 Å². The number of carbonyl (C=O) groups excluding carboxylic acids is 2. The number of hydrogen-bond acceptors (Lipinski definition) is 3. The second-order valence-electron chi connectivity index (χ2n) is 4.15. The molecule has 0 aliphatic carbocycles. The summed E-state index contributed by atoms with van der Waals surface area (Å²) in [6.45, 7) is 4.08. The molecule has 19 heavy (non-hydrogen) atoms. The molecule has 1 aromatic carbocycles. The average molecular weight is 285 g/mol. The molecule has 0 spiro atoms. The Hall–Kier alpha value is -1.75. The summed E-state index contributed by atoms with van der Waals surface area (Å²) in [4.78, 5) is 23.5. The van der Waals surface area contributed by atoms with Crippen LogP contribution in [-0.2, 0) is 4.79 Å². The van der Waals surface area contributed by atoms with Crippen molar-refractivity contribution >= 4 is 23.4 Å². The van der Waals surface area contributed by atoms with E-state index in [0.717, 1.165) is 6.42 Å². The SMILES string of the molecule is CCCNC(=O)C(C)NC(=O)c1cc(O)ccc1Cl. The van der Waals surface area contributed by atoms with Crippen LogP contribution in [0.25, 0.3) is 0 Å². The van der Waals surface area contributed by atoms with Crippen molar-refractivity contribution in [1.82, 2.24) is 10.6 Å². The summed E-state index contributed by atoms with van der Waals surface area (Å²) >= 11 is 5.87. The van der Waals surface area contributed by atoms with Crippen LogP contribution in [0.5, 0.6) is 5.75 Å². The summed E-state index contributed by atoms with van der Waals surface area (Å²) in [5.41, 5.74) is 0.136. The van der Waals surface area contributed by atoms with Gasteiger partial charge in [0.15, 0.2) is 0 Å². The van der Waals surface area contributed by atoms with Gasteiger partial charge in [-0.1, -0.05) is 18.5 Å². The van der Waals surface area contributed by atoms with Crippen molar-refractivity contribution in [2.75, 3.05) is 6.54 Å². The number of carbonyl (C=O) groups is 2. The number of phenols is 1. The summed E-state index contributed by atoms with van der Waals surface area (Å²) in [6.07, 6.45) is 0.824. The second-order valence-corrected chi connectivity index (χ2v) is 4.56.